The normalized spacial score (nSPS) is 21.9. The second-order valence-corrected chi connectivity index (χ2v) is 18.8. The molecule has 0 aromatic carbocycles. The number of rotatable bonds is 7. The van der Waals surface area contributed by atoms with Crippen LogP contribution in [0.2, 0.25) is 45.8 Å². The molecule has 19 heavy (non-hydrogen) atoms. The maximum Gasteiger partial charge on any atom is 0.323 e. The van der Waals surface area contributed by atoms with Gasteiger partial charge in [0.2, 0.25) is 0 Å². The zero-order chi connectivity index (χ0) is 14.7. The van der Waals surface area contributed by atoms with Gasteiger partial charge in [-0.2, -0.15) is 0 Å². The molecule has 7 heteroatoms. The predicted molar refractivity (Wildman–Crippen MR) is 85.4 cm³/mol. The highest BCUT2D eigenvalue weighted by molar-refractivity contribution is 6.85. The first-order valence-electron chi connectivity index (χ1n) is 7.15. The van der Waals surface area contributed by atoms with E-state index >= 15 is 0 Å². The van der Waals surface area contributed by atoms with Crippen LogP contribution in [-0.4, -0.2) is 44.8 Å². The highest BCUT2D eigenvalue weighted by Gasteiger charge is 2.39. The molecule has 1 aliphatic rings. The largest absolute Gasteiger partial charge is 0.437 e. The van der Waals surface area contributed by atoms with E-state index in [0.717, 1.165) is 19.4 Å². The van der Waals surface area contributed by atoms with Crippen molar-refractivity contribution >= 4 is 25.4 Å². The summed E-state index contributed by atoms with van der Waals surface area (Å²) in [5, 5.41) is 0. The van der Waals surface area contributed by atoms with Crippen LogP contribution in [0.3, 0.4) is 0 Å². The third-order valence-corrected chi connectivity index (χ3v) is 11.9. The summed E-state index contributed by atoms with van der Waals surface area (Å²) in [5.41, 5.74) is 0. The van der Waals surface area contributed by atoms with Crippen molar-refractivity contribution in [2.45, 2.75) is 64.8 Å². The topological polar surface area (TPSA) is 36.9 Å². The van der Waals surface area contributed by atoms with Gasteiger partial charge in [0.15, 0.2) is 8.32 Å². The van der Waals surface area contributed by atoms with E-state index in [-0.39, 0.29) is 6.10 Å². The number of hydrogen-bond donors (Lipinski definition) is 0. The Morgan fingerprint density at radius 1 is 0.947 bits per heavy atom. The highest BCUT2D eigenvalue weighted by Crippen LogP contribution is 2.22. The van der Waals surface area contributed by atoms with Crippen LogP contribution in [0.15, 0.2) is 0 Å². The Kier molecular flexibility index (Phi) is 6.01. The fraction of sp³-hybridized carbons (Fsp3) is 1.00. The molecule has 0 bridgehead atoms. The summed E-state index contributed by atoms with van der Waals surface area (Å²) < 4.78 is 24.1. The van der Waals surface area contributed by atoms with E-state index in [2.05, 4.69) is 45.8 Å². The van der Waals surface area contributed by atoms with Crippen LogP contribution in [0.25, 0.3) is 0 Å². The summed E-state index contributed by atoms with van der Waals surface area (Å²) >= 11 is 0. The third kappa shape index (κ3) is 7.74. The van der Waals surface area contributed by atoms with Gasteiger partial charge in [0, 0.05) is 6.61 Å². The summed E-state index contributed by atoms with van der Waals surface area (Å²) in [4.78, 5) is 0. The molecule has 0 amide bonds. The van der Waals surface area contributed by atoms with Gasteiger partial charge in [-0.25, -0.2) is 0 Å². The maximum atomic E-state index is 6.27. The minimum atomic E-state index is -2.13. The van der Waals surface area contributed by atoms with E-state index in [1.54, 1.807) is 0 Å². The molecule has 1 atom stereocenters. The van der Waals surface area contributed by atoms with Crippen molar-refractivity contribution in [2.75, 3.05) is 13.2 Å². The molecule has 1 rings (SSSR count). The lowest BCUT2D eigenvalue weighted by Crippen LogP contribution is -2.53. The van der Waals surface area contributed by atoms with E-state index in [1.807, 2.05) is 0 Å². The van der Waals surface area contributed by atoms with Gasteiger partial charge in [0.1, 0.15) is 0 Å². The van der Waals surface area contributed by atoms with Crippen molar-refractivity contribution in [2.24, 2.45) is 0 Å². The molecule has 4 nitrogen and oxygen atoms in total. The van der Waals surface area contributed by atoms with Crippen molar-refractivity contribution in [3.05, 3.63) is 0 Å². The molecule has 114 valence electrons. The Balaban J connectivity index is 2.43. The second-order valence-electron chi connectivity index (χ2n) is 7.06. The molecular formula is C12H30O4Si3. The van der Waals surface area contributed by atoms with Gasteiger partial charge < -0.3 is 17.4 Å². The summed E-state index contributed by atoms with van der Waals surface area (Å²) in [6.45, 7) is 16.6. The van der Waals surface area contributed by atoms with Crippen LogP contribution >= 0.6 is 0 Å². The lowest BCUT2D eigenvalue weighted by atomic mass is 10.2. The van der Waals surface area contributed by atoms with Crippen LogP contribution in [0, 0.1) is 0 Å². The van der Waals surface area contributed by atoms with Crippen LogP contribution < -0.4 is 0 Å². The molecule has 0 aromatic heterocycles. The summed E-state index contributed by atoms with van der Waals surface area (Å²) in [7, 11) is -5.78. The van der Waals surface area contributed by atoms with Crippen molar-refractivity contribution in [3.63, 3.8) is 0 Å². The molecule has 1 saturated heterocycles. The monoisotopic (exact) mass is 322 g/mol. The SMILES string of the molecule is C[Si](C)(C)O[Si](C)(C)O[Si](C)(C)OCC1CCCO1. The van der Waals surface area contributed by atoms with Gasteiger partial charge in [-0.05, 0) is 58.7 Å². The first-order valence-corrected chi connectivity index (χ1v) is 16.2. The van der Waals surface area contributed by atoms with Gasteiger partial charge in [0.05, 0.1) is 12.7 Å². The predicted octanol–water partition coefficient (Wildman–Crippen LogP) is 3.45. The van der Waals surface area contributed by atoms with Crippen molar-refractivity contribution in [1.82, 2.24) is 0 Å². The quantitative estimate of drug-likeness (QED) is 0.673. The van der Waals surface area contributed by atoms with Crippen LogP contribution in [0.5, 0.6) is 0 Å². The Labute approximate surface area is 121 Å². The lowest BCUT2D eigenvalue weighted by molar-refractivity contribution is 0.0567. The van der Waals surface area contributed by atoms with E-state index in [0.29, 0.717) is 6.61 Å². The van der Waals surface area contributed by atoms with Crippen molar-refractivity contribution in [1.29, 1.82) is 0 Å². The molecule has 1 unspecified atom stereocenters. The van der Waals surface area contributed by atoms with Gasteiger partial charge >= 0.3 is 17.1 Å². The molecule has 1 fully saturated rings. The standard InChI is InChI=1S/C12H30O4Si3/c1-17(2,3)15-19(6,7)16-18(4,5)14-11-12-9-8-10-13-12/h12H,8-11H2,1-7H3. The van der Waals surface area contributed by atoms with E-state index < -0.39 is 25.4 Å². The Morgan fingerprint density at radius 2 is 1.58 bits per heavy atom. The van der Waals surface area contributed by atoms with E-state index in [4.69, 9.17) is 17.4 Å². The van der Waals surface area contributed by atoms with Crippen molar-refractivity contribution in [3.8, 4) is 0 Å². The van der Waals surface area contributed by atoms with Crippen molar-refractivity contribution < 1.29 is 17.4 Å². The fourth-order valence-electron chi connectivity index (χ4n) is 2.45. The Hall–Kier alpha value is 0.491. The maximum absolute atomic E-state index is 6.27. The molecule has 0 radical (unpaired) electrons. The lowest BCUT2D eigenvalue weighted by Gasteiger charge is -2.37. The molecule has 0 aliphatic carbocycles. The zero-order valence-electron chi connectivity index (χ0n) is 13.5. The molecule has 0 saturated carbocycles. The molecular weight excluding hydrogens is 292 g/mol. The first-order chi connectivity index (χ1) is 8.49. The molecule has 0 spiro atoms. The van der Waals surface area contributed by atoms with Gasteiger partial charge in [-0.15, -0.1) is 0 Å². The molecule has 0 N–H and O–H groups in total. The average molecular weight is 323 g/mol. The summed E-state index contributed by atoms with van der Waals surface area (Å²) in [6, 6.07) is 0. The highest BCUT2D eigenvalue weighted by atomic mass is 28.5. The first kappa shape index (κ1) is 17.5. The van der Waals surface area contributed by atoms with Crippen LogP contribution in [-0.2, 0) is 17.4 Å². The van der Waals surface area contributed by atoms with Gasteiger partial charge in [0.25, 0.3) is 0 Å². The van der Waals surface area contributed by atoms with Gasteiger partial charge in [-0.1, -0.05) is 0 Å². The third-order valence-electron chi connectivity index (χ3n) is 2.68. The number of hydrogen-bond acceptors (Lipinski definition) is 4. The number of ether oxygens (including phenoxy) is 1. The Morgan fingerprint density at radius 3 is 2.05 bits per heavy atom. The average Bonchev–Trinajstić information content (AvgIpc) is 2.60. The van der Waals surface area contributed by atoms with Gasteiger partial charge in [-0.3, -0.25) is 0 Å². The smallest absolute Gasteiger partial charge is 0.323 e. The van der Waals surface area contributed by atoms with Crippen LogP contribution in [0.4, 0.5) is 0 Å². The minimum Gasteiger partial charge on any atom is -0.437 e. The summed E-state index contributed by atoms with van der Waals surface area (Å²) in [6.07, 6.45) is 2.52. The fourth-order valence-corrected chi connectivity index (χ4v) is 14.4. The van der Waals surface area contributed by atoms with E-state index in [9.17, 15) is 0 Å². The molecule has 0 aromatic rings. The minimum absolute atomic E-state index is 0.262. The summed E-state index contributed by atoms with van der Waals surface area (Å²) in [5.74, 6) is 0. The molecule has 1 heterocycles. The molecule has 1 aliphatic heterocycles. The Bertz CT molecular complexity index is 283. The van der Waals surface area contributed by atoms with Crippen LogP contribution in [0.1, 0.15) is 12.8 Å². The second kappa shape index (κ2) is 6.50. The zero-order valence-corrected chi connectivity index (χ0v) is 16.5. The van der Waals surface area contributed by atoms with E-state index in [1.165, 1.54) is 0 Å².